The SMILES string of the molecule is CCNC(=NCCCCOCCc1ccccc1)NC1CCN(c2cccs2)CC1.I. The predicted molar refractivity (Wildman–Crippen MR) is 144 cm³/mol. The number of ether oxygens (including phenoxy) is 1. The Hall–Kier alpha value is -1.32. The van der Waals surface area contributed by atoms with Crippen molar-refractivity contribution in [3.8, 4) is 0 Å². The van der Waals surface area contributed by atoms with Crippen LogP contribution >= 0.6 is 35.3 Å². The summed E-state index contributed by atoms with van der Waals surface area (Å²) in [7, 11) is 0. The number of aliphatic imine (C=N–C) groups is 1. The molecule has 1 aliphatic heterocycles. The Morgan fingerprint density at radius 1 is 1.10 bits per heavy atom. The molecular formula is C24H37IN4OS. The number of hydrogen-bond acceptors (Lipinski definition) is 4. The molecule has 5 nitrogen and oxygen atoms in total. The Labute approximate surface area is 208 Å². The molecule has 0 bridgehead atoms. The van der Waals surface area contributed by atoms with E-state index < -0.39 is 0 Å². The van der Waals surface area contributed by atoms with Crippen LogP contribution in [-0.4, -0.2) is 51.4 Å². The predicted octanol–water partition coefficient (Wildman–Crippen LogP) is 4.93. The van der Waals surface area contributed by atoms with E-state index in [-0.39, 0.29) is 24.0 Å². The molecule has 0 unspecified atom stereocenters. The Morgan fingerprint density at radius 3 is 2.61 bits per heavy atom. The summed E-state index contributed by atoms with van der Waals surface area (Å²) in [5, 5.41) is 10.6. The third-order valence-electron chi connectivity index (χ3n) is 5.34. The average Bonchev–Trinajstić information content (AvgIpc) is 3.32. The van der Waals surface area contributed by atoms with Crippen LogP contribution in [0.5, 0.6) is 0 Å². The Kier molecular flexibility index (Phi) is 12.9. The molecule has 0 atom stereocenters. The van der Waals surface area contributed by atoms with E-state index in [1.807, 2.05) is 11.3 Å². The van der Waals surface area contributed by atoms with Crippen molar-refractivity contribution in [3.05, 3.63) is 53.4 Å². The lowest BCUT2D eigenvalue weighted by molar-refractivity contribution is 0.134. The molecule has 2 N–H and O–H groups in total. The van der Waals surface area contributed by atoms with Gasteiger partial charge in [-0.15, -0.1) is 35.3 Å². The number of nitrogens with zero attached hydrogens (tertiary/aromatic N) is 2. The minimum Gasteiger partial charge on any atom is -0.381 e. The van der Waals surface area contributed by atoms with Crippen LogP contribution in [0.25, 0.3) is 0 Å². The summed E-state index contributed by atoms with van der Waals surface area (Å²) >= 11 is 1.83. The fourth-order valence-corrected chi connectivity index (χ4v) is 4.44. The maximum Gasteiger partial charge on any atom is 0.191 e. The van der Waals surface area contributed by atoms with E-state index in [2.05, 4.69) is 70.3 Å². The largest absolute Gasteiger partial charge is 0.381 e. The van der Waals surface area contributed by atoms with Crippen LogP contribution in [0, 0.1) is 0 Å². The summed E-state index contributed by atoms with van der Waals surface area (Å²) in [6.45, 7) is 7.68. The zero-order valence-electron chi connectivity index (χ0n) is 18.6. The number of benzene rings is 1. The zero-order valence-corrected chi connectivity index (χ0v) is 21.7. The molecular weight excluding hydrogens is 519 g/mol. The molecule has 0 amide bonds. The molecule has 7 heteroatoms. The lowest BCUT2D eigenvalue weighted by Crippen LogP contribution is -2.48. The van der Waals surface area contributed by atoms with Crippen LogP contribution in [0.2, 0.25) is 0 Å². The normalized spacial score (nSPS) is 14.9. The topological polar surface area (TPSA) is 48.9 Å². The molecule has 1 aromatic heterocycles. The second-order valence-electron chi connectivity index (χ2n) is 7.67. The van der Waals surface area contributed by atoms with Gasteiger partial charge in [0.25, 0.3) is 0 Å². The smallest absolute Gasteiger partial charge is 0.191 e. The molecule has 0 aliphatic carbocycles. The molecule has 0 spiro atoms. The molecule has 31 heavy (non-hydrogen) atoms. The van der Waals surface area contributed by atoms with Gasteiger partial charge in [-0.2, -0.15) is 0 Å². The summed E-state index contributed by atoms with van der Waals surface area (Å²) in [5.74, 6) is 0.956. The highest BCUT2D eigenvalue weighted by molar-refractivity contribution is 14.0. The lowest BCUT2D eigenvalue weighted by atomic mass is 10.1. The summed E-state index contributed by atoms with van der Waals surface area (Å²) in [6.07, 6.45) is 5.39. The molecule has 2 aromatic rings. The summed E-state index contributed by atoms with van der Waals surface area (Å²) in [6, 6.07) is 15.4. The summed E-state index contributed by atoms with van der Waals surface area (Å²) in [5.41, 5.74) is 1.34. The summed E-state index contributed by atoms with van der Waals surface area (Å²) in [4.78, 5) is 7.26. The number of nitrogens with one attached hydrogen (secondary N) is 2. The Bertz CT molecular complexity index is 718. The third kappa shape index (κ3) is 9.78. The average molecular weight is 557 g/mol. The number of guanidine groups is 1. The van der Waals surface area contributed by atoms with Gasteiger partial charge < -0.3 is 20.3 Å². The first kappa shape index (κ1) is 25.9. The van der Waals surface area contributed by atoms with Gasteiger partial charge in [0.1, 0.15) is 0 Å². The number of anilines is 1. The molecule has 0 saturated carbocycles. The number of thiophene rings is 1. The molecule has 172 valence electrons. The highest BCUT2D eigenvalue weighted by Gasteiger charge is 2.20. The van der Waals surface area contributed by atoms with Gasteiger partial charge in [-0.1, -0.05) is 30.3 Å². The van der Waals surface area contributed by atoms with Crippen LogP contribution in [-0.2, 0) is 11.2 Å². The molecule has 1 fully saturated rings. The van der Waals surface area contributed by atoms with Crippen molar-refractivity contribution in [3.63, 3.8) is 0 Å². The van der Waals surface area contributed by atoms with E-state index in [1.165, 1.54) is 10.6 Å². The Balaban J connectivity index is 0.00000341. The van der Waals surface area contributed by atoms with E-state index in [9.17, 15) is 0 Å². The van der Waals surface area contributed by atoms with Crippen LogP contribution in [0.3, 0.4) is 0 Å². The second-order valence-corrected chi connectivity index (χ2v) is 8.60. The number of piperidine rings is 1. The zero-order chi connectivity index (χ0) is 20.9. The van der Waals surface area contributed by atoms with Gasteiger partial charge in [0, 0.05) is 38.8 Å². The number of halogens is 1. The van der Waals surface area contributed by atoms with Gasteiger partial charge in [0.15, 0.2) is 5.96 Å². The monoisotopic (exact) mass is 556 g/mol. The van der Waals surface area contributed by atoms with Crippen molar-refractivity contribution in [2.45, 2.75) is 45.1 Å². The van der Waals surface area contributed by atoms with E-state index in [4.69, 9.17) is 9.73 Å². The standard InChI is InChI=1S/C24H36N4OS.HI/c1-2-25-24(27-22-12-16-28(17-13-22)23-11-8-20-30-23)26-15-6-7-18-29-19-14-21-9-4-3-5-10-21;/h3-5,8-11,20,22H,2,6-7,12-19H2,1H3,(H2,25,26,27);1H. The van der Waals surface area contributed by atoms with Gasteiger partial charge in [-0.05, 0) is 62.1 Å². The van der Waals surface area contributed by atoms with Crippen molar-refractivity contribution < 1.29 is 4.74 Å². The van der Waals surface area contributed by atoms with Crippen LogP contribution < -0.4 is 15.5 Å². The molecule has 0 radical (unpaired) electrons. The van der Waals surface area contributed by atoms with Gasteiger partial charge >= 0.3 is 0 Å². The summed E-state index contributed by atoms with van der Waals surface area (Å²) < 4.78 is 5.77. The maximum absolute atomic E-state index is 5.77. The minimum atomic E-state index is 0. The highest BCUT2D eigenvalue weighted by atomic mass is 127. The van der Waals surface area contributed by atoms with E-state index in [0.29, 0.717) is 6.04 Å². The van der Waals surface area contributed by atoms with Crippen molar-refractivity contribution in [2.75, 3.05) is 44.3 Å². The lowest BCUT2D eigenvalue weighted by Gasteiger charge is -2.33. The van der Waals surface area contributed by atoms with E-state index >= 15 is 0 Å². The fourth-order valence-electron chi connectivity index (χ4n) is 3.65. The minimum absolute atomic E-state index is 0. The number of hydrogen-bond donors (Lipinski definition) is 2. The van der Waals surface area contributed by atoms with Crippen molar-refractivity contribution >= 4 is 46.3 Å². The van der Waals surface area contributed by atoms with Crippen LogP contribution in [0.1, 0.15) is 38.2 Å². The first-order valence-corrected chi connectivity index (χ1v) is 12.2. The first-order chi connectivity index (χ1) is 14.8. The highest BCUT2D eigenvalue weighted by Crippen LogP contribution is 2.24. The quantitative estimate of drug-likeness (QED) is 0.178. The molecule has 2 heterocycles. The van der Waals surface area contributed by atoms with E-state index in [0.717, 1.165) is 77.5 Å². The van der Waals surface area contributed by atoms with Crippen molar-refractivity contribution in [2.24, 2.45) is 4.99 Å². The molecule has 1 aromatic carbocycles. The maximum atomic E-state index is 5.77. The third-order valence-corrected chi connectivity index (χ3v) is 6.27. The number of rotatable bonds is 11. The Morgan fingerprint density at radius 2 is 1.90 bits per heavy atom. The van der Waals surface area contributed by atoms with Crippen LogP contribution in [0.15, 0.2) is 52.8 Å². The second kappa shape index (κ2) is 15.5. The molecule has 1 aliphatic rings. The van der Waals surface area contributed by atoms with Crippen LogP contribution in [0.4, 0.5) is 5.00 Å². The van der Waals surface area contributed by atoms with E-state index in [1.54, 1.807) is 0 Å². The van der Waals surface area contributed by atoms with Crippen molar-refractivity contribution in [1.29, 1.82) is 0 Å². The van der Waals surface area contributed by atoms with Gasteiger partial charge in [0.05, 0.1) is 11.6 Å². The van der Waals surface area contributed by atoms with Gasteiger partial charge in [0.2, 0.25) is 0 Å². The number of unbranched alkanes of at least 4 members (excludes halogenated alkanes) is 1. The van der Waals surface area contributed by atoms with Gasteiger partial charge in [-0.3, -0.25) is 4.99 Å². The first-order valence-electron chi connectivity index (χ1n) is 11.3. The van der Waals surface area contributed by atoms with Gasteiger partial charge in [-0.25, -0.2) is 0 Å². The fraction of sp³-hybridized carbons (Fsp3) is 0.542. The van der Waals surface area contributed by atoms with Crippen molar-refractivity contribution in [1.82, 2.24) is 10.6 Å². The molecule has 3 rings (SSSR count). The molecule has 1 saturated heterocycles.